The lowest BCUT2D eigenvalue weighted by Crippen LogP contribution is -2.10. The summed E-state index contributed by atoms with van der Waals surface area (Å²) in [6, 6.07) is 64.9. The van der Waals surface area contributed by atoms with Crippen molar-refractivity contribution in [2.45, 2.75) is 0 Å². The van der Waals surface area contributed by atoms with Crippen LogP contribution in [0.3, 0.4) is 0 Å². The van der Waals surface area contributed by atoms with Gasteiger partial charge in [-0.05, 0) is 83.2 Å². The first-order chi connectivity index (χ1) is 24.3. The monoisotopic (exact) mass is 626 g/mol. The number of rotatable bonds is 5. The Hall–Kier alpha value is -6.58. The third kappa shape index (κ3) is 4.37. The molecule has 0 amide bonds. The Morgan fingerprint density at radius 1 is 0.429 bits per heavy atom. The normalized spacial score (nSPS) is 11.7. The van der Waals surface area contributed by atoms with Gasteiger partial charge in [-0.2, -0.15) is 0 Å². The Kier molecular flexibility index (Phi) is 6.18. The highest BCUT2D eigenvalue weighted by Crippen LogP contribution is 2.42. The summed E-state index contributed by atoms with van der Waals surface area (Å²) in [6.07, 6.45) is 0. The molecule has 0 N–H and O–H groups in total. The Morgan fingerprint density at radius 3 is 1.92 bits per heavy atom. The lowest BCUT2D eigenvalue weighted by atomic mass is 9.98. The molecule has 0 saturated heterocycles. The molecular formula is C46H30N2O. The second kappa shape index (κ2) is 11.0. The summed E-state index contributed by atoms with van der Waals surface area (Å²) in [6.45, 7) is 0. The second-order valence-electron chi connectivity index (χ2n) is 12.6. The number of hydrogen-bond acceptors (Lipinski definition) is 2. The van der Waals surface area contributed by atoms with E-state index in [-0.39, 0.29) is 0 Å². The number of benzene rings is 8. The first-order valence-electron chi connectivity index (χ1n) is 16.7. The molecule has 10 aromatic rings. The van der Waals surface area contributed by atoms with Gasteiger partial charge < -0.3 is 13.9 Å². The van der Waals surface area contributed by atoms with Crippen molar-refractivity contribution in [2.24, 2.45) is 0 Å². The standard InChI is InChI=1S/C46H30N2O/c1-3-13-33(14-4-1)47(36-27-29-40-39-18-9-10-20-42(39)48(43(40)30-36)34-15-5-2-6-16-34)35-25-22-32(23-26-35)37-19-11-21-44-45(37)41-28-24-31-12-7-8-17-38(31)46(41)49-44/h1-30H. The summed E-state index contributed by atoms with van der Waals surface area (Å²) in [5.41, 5.74) is 11.0. The first kappa shape index (κ1) is 27.5. The van der Waals surface area contributed by atoms with E-state index in [4.69, 9.17) is 4.42 Å². The average molecular weight is 627 g/mol. The zero-order valence-electron chi connectivity index (χ0n) is 26.6. The highest BCUT2D eigenvalue weighted by Gasteiger charge is 2.19. The van der Waals surface area contributed by atoms with Crippen molar-refractivity contribution in [3.8, 4) is 16.8 Å². The van der Waals surface area contributed by atoms with Crippen molar-refractivity contribution >= 4 is 71.6 Å². The van der Waals surface area contributed by atoms with Gasteiger partial charge in [-0.1, -0.05) is 115 Å². The predicted molar refractivity (Wildman–Crippen MR) is 206 cm³/mol. The molecule has 8 aromatic carbocycles. The summed E-state index contributed by atoms with van der Waals surface area (Å²) in [7, 11) is 0. The number of anilines is 3. The molecule has 0 aliphatic carbocycles. The highest BCUT2D eigenvalue weighted by atomic mass is 16.3. The van der Waals surface area contributed by atoms with Crippen LogP contribution in [-0.2, 0) is 0 Å². The lowest BCUT2D eigenvalue weighted by molar-refractivity contribution is 0.673. The molecule has 0 unspecified atom stereocenters. The van der Waals surface area contributed by atoms with Crippen LogP contribution in [0.5, 0.6) is 0 Å². The molecule has 0 radical (unpaired) electrons. The van der Waals surface area contributed by atoms with Gasteiger partial charge in [0.1, 0.15) is 11.2 Å². The van der Waals surface area contributed by atoms with Crippen LogP contribution < -0.4 is 4.90 Å². The molecule has 230 valence electrons. The van der Waals surface area contributed by atoms with Crippen LogP contribution in [0.2, 0.25) is 0 Å². The van der Waals surface area contributed by atoms with Crippen LogP contribution in [0.25, 0.3) is 71.3 Å². The molecule has 0 bridgehead atoms. The van der Waals surface area contributed by atoms with E-state index >= 15 is 0 Å². The van der Waals surface area contributed by atoms with Gasteiger partial charge in [0.25, 0.3) is 0 Å². The van der Waals surface area contributed by atoms with E-state index in [1.807, 2.05) is 0 Å². The van der Waals surface area contributed by atoms with E-state index in [1.54, 1.807) is 0 Å². The smallest absolute Gasteiger partial charge is 0.143 e. The Morgan fingerprint density at radius 2 is 1.08 bits per heavy atom. The molecular weight excluding hydrogens is 597 g/mol. The van der Waals surface area contributed by atoms with E-state index < -0.39 is 0 Å². The van der Waals surface area contributed by atoms with E-state index in [0.29, 0.717) is 0 Å². The maximum atomic E-state index is 6.49. The molecule has 2 heterocycles. The molecule has 0 aliphatic rings. The van der Waals surface area contributed by atoms with Gasteiger partial charge in [-0.15, -0.1) is 0 Å². The predicted octanol–water partition coefficient (Wildman–Crippen LogP) is 13.0. The molecule has 2 aromatic heterocycles. The Balaban J connectivity index is 1.13. The molecule has 0 saturated carbocycles. The highest BCUT2D eigenvalue weighted by molar-refractivity contribution is 6.19. The van der Waals surface area contributed by atoms with E-state index in [9.17, 15) is 0 Å². The van der Waals surface area contributed by atoms with Crippen LogP contribution in [-0.4, -0.2) is 4.57 Å². The van der Waals surface area contributed by atoms with Crippen LogP contribution in [0, 0.1) is 0 Å². The number of hydrogen-bond donors (Lipinski definition) is 0. The van der Waals surface area contributed by atoms with Gasteiger partial charge in [0.2, 0.25) is 0 Å². The van der Waals surface area contributed by atoms with Crippen molar-refractivity contribution in [2.75, 3.05) is 4.90 Å². The Labute approximate surface area is 283 Å². The number of nitrogens with zero attached hydrogens (tertiary/aromatic N) is 2. The summed E-state index contributed by atoms with van der Waals surface area (Å²) < 4.78 is 8.87. The van der Waals surface area contributed by atoms with E-state index in [0.717, 1.165) is 61.2 Å². The fourth-order valence-electron chi connectivity index (χ4n) is 7.56. The largest absolute Gasteiger partial charge is 0.455 e. The van der Waals surface area contributed by atoms with Crippen molar-refractivity contribution in [3.05, 3.63) is 182 Å². The third-order valence-corrected chi connectivity index (χ3v) is 9.77. The Bertz CT molecular complexity index is 2810. The van der Waals surface area contributed by atoms with Gasteiger partial charge in [0.05, 0.1) is 11.0 Å². The maximum Gasteiger partial charge on any atom is 0.143 e. The zero-order valence-corrected chi connectivity index (χ0v) is 26.6. The fourth-order valence-corrected chi connectivity index (χ4v) is 7.56. The third-order valence-electron chi connectivity index (χ3n) is 9.77. The summed E-state index contributed by atoms with van der Waals surface area (Å²) in [5, 5.41) is 7.09. The summed E-state index contributed by atoms with van der Waals surface area (Å²) in [4.78, 5) is 2.34. The number of fused-ring (bicyclic) bond motifs is 8. The molecule has 0 aliphatic heterocycles. The molecule has 3 nitrogen and oxygen atoms in total. The summed E-state index contributed by atoms with van der Waals surface area (Å²) in [5.74, 6) is 0. The van der Waals surface area contributed by atoms with Crippen molar-refractivity contribution in [1.82, 2.24) is 4.57 Å². The van der Waals surface area contributed by atoms with E-state index in [1.165, 1.54) is 27.2 Å². The maximum absolute atomic E-state index is 6.49. The number of aromatic nitrogens is 1. The topological polar surface area (TPSA) is 21.3 Å². The van der Waals surface area contributed by atoms with Crippen LogP contribution >= 0.6 is 0 Å². The van der Waals surface area contributed by atoms with Gasteiger partial charge in [-0.25, -0.2) is 0 Å². The zero-order chi connectivity index (χ0) is 32.3. The molecule has 0 fully saturated rings. The quantitative estimate of drug-likeness (QED) is 0.190. The van der Waals surface area contributed by atoms with Crippen molar-refractivity contribution in [1.29, 1.82) is 0 Å². The van der Waals surface area contributed by atoms with Crippen molar-refractivity contribution < 1.29 is 4.42 Å². The lowest BCUT2D eigenvalue weighted by Gasteiger charge is -2.26. The average Bonchev–Trinajstić information content (AvgIpc) is 3.72. The minimum Gasteiger partial charge on any atom is -0.455 e. The second-order valence-corrected chi connectivity index (χ2v) is 12.6. The van der Waals surface area contributed by atoms with Crippen LogP contribution in [0.15, 0.2) is 186 Å². The fraction of sp³-hybridized carbons (Fsp3) is 0. The van der Waals surface area contributed by atoms with Gasteiger partial charge in [0, 0.05) is 49.7 Å². The van der Waals surface area contributed by atoms with E-state index in [2.05, 4.69) is 191 Å². The van der Waals surface area contributed by atoms with Gasteiger partial charge in [-0.3, -0.25) is 0 Å². The number of furan rings is 1. The molecule has 49 heavy (non-hydrogen) atoms. The number of para-hydroxylation sites is 3. The van der Waals surface area contributed by atoms with Crippen molar-refractivity contribution in [3.63, 3.8) is 0 Å². The minimum atomic E-state index is 0.904. The molecule has 0 spiro atoms. The van der Waals surface area contributed by atoms with Gasteiger partial charge in [0.15, 0.2) is 0 Å². The molecule has 3 heteroatoms. The summed E-state index contributed by atoms with van der Waals surface area (Å²) >= 11 is 0. The molecule has 0 atom stereocenters. The van der Waals surface area contributed by atoms with Gasteiger partial charge >= 0.3 is 0 Å². The molecule has 10 rings (SSSR count). The van der Waals surface area contributed by atoms with Crippen LogP contribution in [0.4, 0.5) is 17.1 Å². The van der Waals surface area contributed by atoms with Crippen LogP contribution in [0.1, 0.15) is 0 Å². The first-order valence-corrected chi connectivity index (χ1v) is 16.7. The minimum absolute atomic E-state index is 0.904. The SMILES string of the molecule is c1ccc(N(c2ccc(-c3cccc4oc5c6ccccc6ccc5c34)cc2)c2ccc3c4ccccc4n(-c4ccccc4)c3c2)cc1.